The van der Waals surface area contributed by atoms with E-state index in [2.05, 4.69) is 20.4 Å². The lowest BCUT2D eigenvalue weighted by Gasteiger charge is -2.33. The molecule has 1 amide bonds. The number of halogens is 3. The number of piperidine rings is 1. The first-order valence-corrected chi connectivity index (χ1v) is 14.3. The van der Waals surface area contributed by atoms with Crippen LogP contribution in [-0.4, -0.2) is 59.0 Å². The van der Waals surface area contributed by atoms with Gasteiger partial charge in [-0.1, -0.05) is 30.3 Å². The van der Waals surface area contributed by atoms with Gasteiger partial charge in [0.05, 0.1) is 11.6 Å². The lowest BCUT2D eigenvalue weighted by Crippen LogP contribution is -2.49. The monoisotopic (exact) mass is 606 g/mol. The van der Waals surface area contributed by atoms with Gasteiger partial charge in [-0.3, -0.25) is 4.79 Å². The van der Waals surface area contributed by atoms with E-state index in [1.54, 1.807) is 43.5 Å². The summed E-state index contributed by atoms with van der Waals surface area (Å²) in [7, 11) is 0. The molecular weight excluding hydrogens is 577 g/mol. The molecule has 0 aliphatic carbocycles. The predicted octanol–water partition coefficient (Wildman–Crippen LogP) is 5.97. The van der Waals surface area contributed by atoms with Gasteiger partial charge in [-0.05, 0) is 62.7 Å². The highest BCUT2D eigenvalue weighted by atomic mass is 32.1. The Bertz CT molecular complexity index is 1370. The summed E-state index contributed by atoms with van der Waals surface area (Å²) in [6.45, 7) is 5.14. The van der Waals surface area contributed by atoms with Crippen molar-refractivity contribution < 1.29 is 32.2 Å². The van der Waals surface area contributed by atoms with Crippen molar-refractivity contribution in [2.24, 2.45) is 0 Å². The number of benzene rings is 2. The summed E-state index contributed by atoms with van der Waals surface area (Å²) >= 11 is 6.90. The van der Waals surface area contributed by atoms with Gasteiger partial charge < -0.3 is 25.0 Å². The SMILES string of the molecule is CCOC(=O)C(C)NC(=S)N1CCC(c2nc(C(=O)Nc3ccccc3-c3ccc(OC(F)(F)F)cc3)cs2)CC1. The molecular formula is C28H29F3N4O4S2. The first-order chi connectivity index (χ1) is 19.5. The summed E-state index contributed by atoms with van der Waals surface area (Å²) in [5.41, 5.74) is 2.05. The summed E-state index contributed by atoms with van der Waals surface area (Å²) in [6.07, 6.45) is -3.19. The van der Waals surface area contributed by atoms with Crippen molar-refractivity contribution in [3.05, 3.63) is 64.6 Å². The summed E-state index contributed by atoms with van der Waals surface area (Å²) in [5.74, 6) is -0.886. The number of carbonyl (C=O) groups excluding carboxylic acids is 2. The topological polar surface area (TPSA) is 92.8 Å². The van der Waals surface area contributed by atoms with Crippen LogP contribution in [-0.2, 0) is 9.53 Å². The summed E-state index contributed by atoms with van der Waals surface area (Å²) in [6, 6.07) is 11.9. The van der Waals surface area contributed by atoms with Gasteiger partial charge in [0.1, 0.15) is 17.5 Å². The van der Waals surface area contributed by atoms with Crippen molar-refractivity contribution in [3.8, 4) is 16.9 Å². The Labute approximate surface area is 244 Å². The van der Waals surface area contributed by atoms with Gasteiger partial charge >= 0.3 is 12.3 Å². The van der Waals surface area contributed by atoms with Crippen LogP contribution in [0.25, 0.3) is 11.1 Å². The largest absolute Gasteiger partial charge is 0.573 e. The van der Waals surface area contributed by atoms with E-state index >= 15 is 0 Å². The minimum Gasteiger partial charge on any atom is -0.464 e. The molecule has 0 bridgehead atoms. The normalized spacial score (nSPS) is 14.7. The number of rotatable bonds is 8. The van der Waals surface area contributed by atoms with Crippen molar-refractivity contribution in [2.75, 3.05) is 25.0 Å². The van der Waals surface area contributed by atoms with Crippen molar-refractivity contribution in [1.82, 2.24) is 15.2 Å². The van der Waals surface area contributed by atoms with E-state index in [4.69, 9.17) is 17.0 Å². The number of para-hydroxylation sites is 1. The summed E-state index contributed by atoms with van der Waals surface area (Å²) in [5, 5.41) is 8.99. The van der Waals surface area contributed by atoms with E-state index in [1.807, 2.05) is 4.90 Å². The van der Waals surface area contributed by atoms with Gasteiger partial charge in [0.25, 0.3) is 5.91 Å². The second-order valence-corrected chi connectivity index (χ2v) is 10.6. The van der Waals surface area contributed by atoms with Gasteiger partial charge in [0.15, 0.2) is 5.11 Å². The number of hydrogen-bond donors (Lipinski definition) is 2. The van der Waals surface area contributed by atoms with Gasteiger partial charge in [0, 0.05) is 35.6 Å². The van der Waals surface area contributed by atoms with Crippen molar-refractivity contribution in [1.29, 1.82) is 0 Å². The number of hydrogen-bond acceptors (Lipinski definition) is 7. The first-order valence-electron chi connectivity index (χ1n) is 13.0. The van der Waals surface area contributed by atoms with Gasteiger partial charge in [-0.2, -0.15) is 0 Å². The third kappa shape index (κ3) is 8.17. The molecule has 1 aromatic heterocycles. The smallest absolute Gasteiger partial charge is 0.464 e. The number of likely N-dealkylation sites (tertiary alicyclic amines) is 1. The zero-order valence-electron chi connectivity index (χ0n) is 22.4. The van der Waals surface area contributed by atoms with Crippen LogP contribution in [0.5, 0.6) is 5.75 Å². The summed E-state index contributed by atoms with van der Waals surface area (Å²) in [4.78, 5) is 31.6. The molecule has 1 saturated heterocycles. The average Bonchev–Trinajstić information content (AvgIpc) is 3.44. The zero-order valence-corrected chi connectivity index (χ0v) is 24.0. The molecule has 1 fully saturated rings. The van der Waals surface area contributed by atoms with Crippen LogP contribution in [0, 0.1) is 0 Å². The van der Waals surface area contributed by atoms with E-state index in [0.717, 1.165) is 17.8 Å². The Morgan fingerprint density at radius 1 is 1.15 bits per heavy atom. The number of anilines is 1. The van der Waals surface area contributed by atoms with Crippen molar-refractivity contribution in [2.45, 2.75) is 45.0 Å². The van der Waals surface area contributed by atoms with E-state index in [-0.39, 0.29) is 29.2 Å². The van der Waals surface area contributed by atoms with E-state index in [1.165, 1.54) is 35.6 Å². The Morgan fingerprint density at radius 2 is 1.83 bits per heavy atom. The first kappa shape index (κ1) is 30.3. The minimum absolute atomic E-state index is 0.174. The second-order valence-electron chi connectivity index (χ2n) is 9.33. The maximum absolute atomic E-state index is 13.1. The summed E-state index contributed by atoms with van der Waals surface area (Å²) < 4.78 is 46.4. The highest BCUT2D eigenvalue weighted by Gasteiger charge is 2.31. The third-order valence-electron chi connectivity index (χ3n) is 6.44. The van der Waals surface area contributed by atoms with Crippen LogP contribution in [0.4, 0.5) is 18.9 Å². The lowest BCUT2D eigenvalue weighted by atomic mass is 9.98. The van der Waals surface area contributed by atoms with Crippen LogP contribution in [0.1, 0.15) is 48.1 Å². The molecule has 13 heteroatoms. The molecule has 41 heavy (non-hydrogen) atoms. The van der Waals surface area contributed by atoms with Crippen molar-refractivity contribution in [3.63, 3.8) is 0 Å². The molecule has 0 radical (unpaired) electrons. The average molecular weight is 607 g/mol. The Balaban J connectivity index is 1.35. The van der Waals surface area contributed by atoms with E-state index in [0.29, 0.717) is 41.6 Å². The number of thiocarbonyl (C=S) groups is 1. The molecule has 218 valence electrons. The number of nitrogens with zero attached hydrogens (tertiary/aromatic N) is 2. The molecule has 0 saturated carbocycles. The molecule has 2 heterocycles. The van der Waals surface area contributed by atoms with Crippen LogP contribution in [0.3, 0.4) is 0 Å². The molecule has 2 aromatic carbocycles. The lowest BCUT2D eigenvalue weighted by molar-refractivity contribution is -0.274. The maximum Gasteiger partial charge on any atom is 0.573 e. The maximum atomic E-state index is 13.1. The van der Waals surface area contributed by atoms with Crippen LogP contribution in [0.2, 0.25) is 0 Å². The third-order valence-corrected chi connectivity index (χ3v) is 7.82. The van der Waals surface area contributed by atoms with Crippen LogP contribution >= 0.6 is 23.6 Å². The zero-order chi connectivity index (χ0) is 29.6. The number of nitrogens with one attached hydrogen (secondary N) is 2. The predicted molar refractivity (Wildman–Crippen MR) is 154 cm³/mol. The second kappa shape index (κ2) is 13.3. The van der Waals surface area contributed by atoms with E-state index < -0.39 is 12.4 Å². The van der Waals surface area contributed by atoms with Crippen LogP contribution < -0.4 is 15.4 Å². The Kier molecular flexibility index (Phi) is 9.81. The molecule has 1 unspecified atom stereocenters. The highest BCUT2D eigenvalue weighted by Crippen LogP contribution is 2.33. The standard InChI is InChI=1S/C28H29F3N4O4S2/c1-3-38-26(37)17(2)32-27(40)35-14-12-19(13-15-35)25-34-23(16-41-25)24(36)33-22-7-5-4-6-21(22)18-8-10-20(11-9-18)39-28(29,30)31/h4-11,16-17,19H,3,12-15H2,1-2H3,(H,32,40)(H,33,36). The van der Waals surface area contributed by atoms with Gasteiger partial charge in [-0.15, -0.1) is 24.5 Å². The Hall–Kier alpha value is -3.71. The number of amides is 1. The van der Waals surface area contributed by atoms with E-state index in [9.17, 15) is 22.8 Å². The minimum atomic E-state index is -4.77. The fraction of sp³-hybridized carbons (Fsp3) is 0.357. The molecule has 8 nitrogen and oxygen atoms in total. The van der Waals surface area contributed by atoms with Crippen molar-refractivity contribution >= 4 is 46.2 Å². The number of ether oxygens (including phenoxy) is 2. The quantitative estimate of drug-likeness (QED) is 0.240. The number of thiazole rings is 1. The van der Waals surface area contributed by atoms with Gasteiger partial charge in [-0.25, -0.2) is 9.78 Å². The highest BCUT2D eigenvalue weighted by molar-refractivity contribution is 7.80. The molecule has 0 spiro atoms. The van der Waals surface area contributed by atoms with Gasteiger partial charge in [0.2, 0.25) is 0 Å². The molecule has 4 rings (SSSR count). The number of alkyl halides is 3. The van der Waals surface area contributed by atoms with Crippen LogP contribution in [0.15, 0.2) is 53.9 Å². The molecule has 3 aromatic rings. The molecule has 1 atom stereocenters. The fourth-order valence-corrected chi connectivity index (χ4v) is 5.71. The molecule has 2 N–H and O–H groups in total. The number of esters is 1. The fourth-order valence-electron chi connectivity index (χ4n) is 4.38. The Morgan fingerprint density at radius 3 is 2.49 bits per heavy atom. The molecule has 1 aliphatic heterocycles. The number of aromatic nitrogens is 1. The molecule has 1 aliphatic rings. The number of carbonyl (C=O) groups is 2.